The van der Waals surface area contributed by atoms with Crippen LogP contribution in [0.1, 0.15) is 51.1 Å². The summed E-state index contributed by atoms with van der Waals surface area (Å²) < 4.78 is 10.5. The number of aromatic nitrogens is 1. The standard InChI is InChI=1S/C24H24N2O5S/c1-4-23(28)25-18-11-9-17(10-12-18)21(27)13-30-24(29)19-7-5-6-8-22(19)32-14-20-15(2)26-31-16(20)3/h5-12H,4,13-14H2,1-3H3,(H,25,28). The van der Waals surface area contributed by atoms with Crippen molar-refractivity contribution in [2.75, 3.05) is 11.9 Å². The number of hydrogen-bond acceptors (Lipinski definition) is 7. The van der Waals surface area contributed by atoms with Crippen molar-refractivity contribution in [3.05, 3.63) is 76.7 Å². The van der Waals surface area contributed by atoms with Crippen LogP contribution in [0.5, 0.6) is 0 Å². The van der Waals surface area contributed by atoms with E-state index in [4.69, 9.17) is 9.26 Å². The Morgan fingerprint density at radius 1 is 1.06 bits per heavy atom. The number of benzene rings is 2. The summed E-state index contributed by atoms with van der Waals surface area (Å²) in [6.07, 6.45) is 0.370. The molecule has 3 aromatic rings. The summed E-state index contributed by atoms with van der Waals surface area (Å²) >= 11 is 1.48. The molecule has 32 heavy (non-hydrogen) atoms. The largest absolute Gasteiger partial charge is 0.454 e. The van der Waals surface area contributed by atoms with Crippen LogP contribution in [0.15, 0.2) is 57.9 Å². The maximum Gasteiger partial charge on any atom is 0.339 e. The predicted octanol–water partition coefficient (Wildman–Crippen LogP) is 4.97. The third kappa shape index (κ3) is 5.85. The predicted molar refractivity (Wildman–Crippen MR) is 122 cm³/mol. The maximum absolute atomic E-state index is 12.6. The van der Waals surface area contributed by atoms with Gasteiger partial charge in [0.15, 0.2) is 12.4 Å². The van der Waals surface area contributed by atoms with Crippen LogP contribution in [0.4, 0.5) is 5.69 Å². The highest BCUT2D eigenvalue weighted by molar-refractivity contribution is 7.98. The molecule has 0 saturated carbocycles. The van der Waals surface area contributed by atoms with E-state index in [1.54, 1.807) is 43.3 Å². The van der Waals surface area contributed by atoms with Crippen molar-refractivity contribution in [1.29, 1.82) is 0 Å². The van der Waals surface area contributed by atoms with Crippen LogP contribution in [0, 0.1) is 13.8 Å². The van der Waals surface area contributed by atoms with Crippen molar-refractivity contribution in [3.63, 3.8) is 0 Å². The Morgan fingerprint density at radius 2 is 1.78 bits per heavy atom. The molecule has 1 amide bonds. The van der Waals surface area contributed by atoms with E-state index in [1.807, 2.05) is 26.0 Å². The number of nitrogens with one attached hydrogen (secondary N) is 1. The molecule has 1 N–H and O–H groups in total. The van der Waals surface area contributed by atoms with Gasteiger partial charge in [-0.15, -0.1) is 11.8 Å². The van der Waals surface area contributed by atoms with Gasteiger partial charge < -0.3 is 14.6 Å². The van der Waals surface area contributed by atoms with Crippen molar-refractivity contribution in [2.45, 2.75) is 37.8 Å². The Hall–Kier alpha value is -3.39. The molecule has 0 fully saturated rings. The molecule has 0 spiro atoms. The summed E-state index contributed by atoms with van der Waals surface area (Å²) in [4.78, 5) is 37.3. The number of anilines is 1. The van der Waals surface area contributed by atoms with E-state index in [2.05, 4.69) is 10.5 Å². The van der Waals surface area contributed by atoms with Crippen LogP contribution in [-0.2, 0) is 15.3 Å². The number of thioether (sulfide) groups is 1. The van der Waals surface area contributed by atoms with Gasteiger partial charge >= 0.3 is 5.97 Å². The van der Waals surface area contributed by atoms with E-state index in [0.29, 0.717) is 29.0 Å². The fourth-order valence-corrected chi connectivity index (χ4v) is 4.09. The summed E-state index contributed by atoms with van der Waals surface area (Å²) in [7, 11) is 0. The number of carbonyl (C=O) groups is 3. The van der Waals surface area contributed by atoms with E-state index in [1.165, 1.54) is 11.8 Å². The number of carbonyl (C=O) groups excluding carboxylic acids is 3. The first kappa shape index (κ1) is 23.3. The molecule has 0 saturated heterocycles. The highest BCUT2D eigenvalue weighted by Gasteiger charge is 2.17. The van der Waals surface area contributed by atoms with Crippen LogP contribution in [0.3, 0.4) is 0 Å². The van der Waals surface area contributed by atoms with Gasteiger partial charge in [-0.3, -0.25) is 9.59 Å². The molecular formula is C24H24N2O5S. The van der Waals surface area contributed by atoms with Crippen LogP contribution >= 0.6 is 11.8 Å². The minimum atomic E-state index is -0.563. The number of Topliss-reactive ketones (excluding diaryl/α,β-unsaturated/α-hetero) is 1. The summed E-state index contributed by atoms with van der Waals surface area (Å²) in [5.41, 5.74) is 3.21. The second-order valence-corrected chi connectivity index (χ2v) is 8.08. The lowest BCUT2D eigenvalue weighted by Gasteiger charge is -2.09. The fraction of sp³-hybridized carbons (Fsp3) is 0.250. The minimum absolute atomic E-state index is 0.108. The van der Waals surface area contributed by atoms with Crippen molar-refractivity contribution in [3.8, 4) is 0 Å². The van der Waals surface area contributed by atoms with Crippen LogP contribution in [0.25, 0.3) is 0 Å². The zero-order chi connectivity index (χ0) is 23.1. The van der Waals surface area contributed by atoms with Gasteiger partial charge in [-0.2, -0.15) is 0 Å². The van der Waals surface area contributed by atoms with Crippen LogP contribution in [-0.4, -0.2) is 29.4 Å². The molecule has 0 atom stereocenters. The first-order valence-corrected chi connectivity index (χ1v) is 11.1. The quantitative estimate of drug-likeness (QED) is 0.278. The van der Waals surface area contributed by atoms with Gasteiger partial charge in [0.1, 0.15) is 5.76 Å². The lowest BCUT2D eigenvalue weighted by molar-refractivity contribution is -0.115. The Labute approximate surface area is 190 Å². The molecule has 0 bridgehead atoms. The Balaban J connectivity index is 1.60. The van der Waals surface area contributed by atoms with Gasteiger partial charge in [-0.05, 0) is 50.2 Å². The minimum Gasteiger partial charge on any atom is -0.454 e. The molecular weight excluding hydrogens is 428 g/mol. The summed E-state index contributed by atoms with van der Waals surface area (Å²) in [5.74, 6) is 0.357. The average molecular weight is 453 g/mol. The lowest BCUT2D eigenvalue weighted by atomic mass is 10.1. The fourth-order valence-electron chi connectivity index (χ4n) is 2.90. The van der Waals surface area contributed by atoms with E-state index in [9.17, 15) is 14.4 Å². The molecule has 2 aromatic carbocycles. The van der Waals surface area contributed by atoms with E-state index < -0.39 is 5.97 Å². The van der Waals surface area contributed by atoms with Crippen molar-refractivity contribution in [2.24, 2.45) is 0 Å². The van der Waals surface area contributed by atoms with E-state index in [0.717, 1.165) is 21.9 Å². The maximum atomic E-state index is 12.6. The highest BCUT2D eigenvalue weighted by Crippen LogP contribution is 2.29. The summed E-state index contributed by atoms with van der Waals surface area (Å²) in [5, 5.41) is 6.67. The second-order valence-electron chi connectivity index (χ2n) is 7.07. The SMILES string of the molecule is CCC(=O)Nc1ccc(C(=O)COC(=O)c2ccccc2SCc2c(C)noc2C)cc1. The van der Waals surface area contributed by atoms with Crippen LogP contribution in [0.2, 0.25) is 0 Å². The summed E-state index contributed by atoms with van der Waals surface area (Å²) in [6, 6.07) is 13.6. The molecule has 7 nitrogen and oxygen atoms in total. The Kier molecular flexibility index (Phi) is 7.83. The molecule has 166 valence electrons. The number of hydrogen-bond donors (Lipinski definition) is 1. The topological polar surface area (TPSA) is 98.5 Å². The third-order valence-electron chi connectivity index (χ3n) is 4.81. The second kappa shape index (κ2) is 10.8. The Bertz CT molecular complexity index is 1100. The van der Waals surface area contributed by atoms with Crippen molar-refractivity contribution in [1.82, 2.24) is 5.16 Å². The monoisotopic (exact) mass is 452 g/mol. The van der Waals surface area contributed by atoms with Crippen LogP contribution < -0.4 is 5.32 Å². The van der Waals surface area contributed by atoms with Gasteiger partial charge in [0.25, 0.3) is 0 Å². The number of esters is 1. The Morgan fingerprint density at radius 3 is 2.44 bits per heavy atom. The van der Waals surface area contributed by atoms with E-state index in [-0.39, 0.29) is 18.3 Å². The zero-order valence-electron chi connectivity index (χ0n) is 18.1. The lowest BCUT2D eigenvalue weighted by Crippen LogP contribution is -2.15. The molecule has 0 unspecified atom stereocenters. The number of ketones is 1. The molecule has 0 radical (unpaired) electrons. The molecule has 8 heteroatoms. The van der Waals surface area contributed by atoms with Crippen molar-refractivity contribution >= 4 is 35.1 Å². The third-order valence-corrected chi connectivity index (χ3v) is 5.91. The van der Waals surface area contributed by atoms with Gasteiger partial charge in [0.2, 0.25) is 5.91 Å². The number of rotatable bonds is 9. The molecule has 0 aliphatic heterocycles. The van der Waals surface area contributed by atoms with Crippen molar-refractivity contribution < 1.29 is 23.6 Å². The average Bonchev–Trinajstić information content (AvgIpc) is 3.13. The molecule has 1 aromatic heterocycles. The smallest absolute Gasteiger partial charge is 0.339 e. The first-order chi connectivity index (χ1) is 15.4. The zero-order valence-corrected chi connectivity index (χ0v) is 19.0. The van der Waals surface area contributed by atoms with Gasteiger partial charge in [-0.1, -0.05) is 24.2 Å². The molecule has 0 aliphatic carbocycles. The van der Waals surface area contributed by atoms with E-state index >= 15 is 0 Å². The first-order valence-electron chi connectivity index (χ1n) is 10.1. The normalized spacial score (nSPS) is 10.6. The number of amides is 1. The number of nitrogens with zero attached hydrogens (tertiary/aromatic N) is 1. The molecule has 3 rings (SSSR count). The number of aryl methyl sites for hydroxylation is 2. The number of ether oxygens (including phenoxy) is 1. The summed E-state index contributed by atoms with van der Waals surface area (Å²) in [6.45, 7) is 5.12. The van der Waals surface area contributed by atoms with Gasteiger partial charge in [0.05, 0.1) is 11.3 Å². The molecule has 1 heterocycles. The van der Waals surface area contributed by atoms with Gasteiger partial charge in [0, 0.05) is 33.9 Å². The molecule has 0 aliphatic rings. The van der Waals surface area contributed by atoms with Gasteiger partial charge in [-0.25, -0.2) is 4.79 Å². The highest BCUT2D eigenvalue weighted by atomic mass is 32.2.